The number of allylic oxidation sites excluding steroid dienone is 2. The van der Waals surface area contributed by atoms with Gasteiger partial charge in [-0.3, -0.25) is 4.57 Å². The van der Waals surface area contributed by atoms with E-state index < -0.39 is 7.60 Å². The predicted octanol–water partition coefficient (Wildman–Crippen LogP) is 4.34. The smallest absolute Gasteiger partial charge is 0.395 e. The van der Waals surface area contributed by atoms with Crippen molar-refractivity contribution in [3.63, 3.8) is 0 Å². The maximum Gasteiger partial charge on any atom is 0.395 e. The van der Waals surface area contributed by atoms with Crippen LogP contribution in [0.5, 0.6) is 0 Å². The molecule has 5 heteroatoms. The highest BCUT2D eigenvalue weighted by atomic mass is 31.2. The molecule has 0 radical (unpaired) electrons. The van der Waals surface area contributed by atoms with Crippen LogP contribution >= 0.6 is 7.60 Å². The molecule has 0 saturated heterocycles. The topological polar surface area (TPSA) is 44.8 Å². The van der Waals surface area contributed by atoms with E-state index in [1.54, 1.807) is 19.9 Å². The average Bonchev–Trinajstić information content (AvgIpc) is 2.28. The van der Waals surface area contributed by atoms with Gasteiger partial charge in [0.2, 0.25) is 5.50 Å². The third-order valence-corrected chi connectivity index (χ3v) is 3.92. The van der Waals surface area contributed by atoms with E-state index in [9.17, 15) is 4.57 Å². The van der Waals surface area contributed by atoms with Crippen LogP contribution < -0.4 is 0 Å². The van der Waals surface area contributed by atoms with Crippen LogP contribution in [-0.2, 0) is 18.3 Å². The number of ether oxygens (including phenoxy) is 1. The molecule has 0 aliphatic heterocycles. The van der Waals surface area contributed by atoms with Gasteiger partial charge in [-0.2, -0.15) is 0 Å². The summed E-state index contributed by atoms with van der Waals surface area (Å²) in [5, 5.41) is 0. The van der Waals surface area contributed by atoms with Crippen LogP contribution in [-0.4, -0.2) is 19.8 Å². The standard InChI is InChI=1S/C13H25O4P/c1-6-9-10-15-13(11-12(4)5)18(14,16-7-2)17-8-3/h6,9,11-12H,7-8,10H2,1-5H3/b9-6+,13-11+. The fourth-order valence-electron chi connectivity index (χ4n) is 1.24. The second-order valence-corrected chi connectivity index (χ2v) is 5.91. The molecule has 0 amide bonds. The van der Waals surface area contributed by atoms with Crippen molar-refractivity contribution in [2.45, 2.75) is 34.6 Å². The third kappa shape index (κ3) is 6.39. The summed E-state index contributed by atoms with van der Waals surface area (Å²) in [6.07, 6.45) is 5.51. The van der Waals surface area contributed by atoms with Crippen LogP contribution in [0.15, 0.2) is 23.7 Å². The molecule has 0 rings (SSSR count). The summed E-state index contributed by atoms with van der Waals surface area (Å²) in [5.74, 6) is 0.208. The first-order chi connectivity index (χ1) is 8.50. The van der Waals surface area contributed by atoms with E-state index >= 15 is 0 Å². The van der Waals surface area contributed by atoms with Gasteiger partial charge in [0.05, 0.1) is 13.2 Å². The zero-order valence-corrected chi connectivity index (χ0v) is 12.9. The second kappa shape index (κ2) is 9.37. The lowest BCUT2D eigenvalue weighted by Gasteiger charge is -2.20. The van der Waals surface area contributed by atoms with Crippen LogP contribution in [0.1, 0.15) is 34.6 Å². The summed E-state index contributed by atoms with van der Waals surface area (Å²) in [6, 6.07) is 0. The minimum absolute atomic E-state index is 0.208. The highest BCUT2D eigenvalue weighted by Gasteiger charge is 2.31. The zero-order chi connectivity index (χ0) is 14.0. The maximum atomic E-state index is 12.6. The molecule has 0 atom stereocenters. The first-order valence-corrected chi connectivity index (χ1v) is 7.89. The molecule has 0 aliphatic rings. The highest BCUT2D eigenvalue weighted by molar-refractivity contribution is 7.58. The molecule has 0 unspecified atom stereocenters. The lowest BCUT2D eigenvalue weighted by atomic mass is 10.2. The van der Waals surface area contributed by atoms with Crippen molar-refractivity contribution in [3.8, 4) is 0 Å². The van der Waals surface area contributed by atoms with E-state index in [4.69, 9.17) is 13.8 Å². The fourth-order valence-corrected chi connectivity index (χ4v) is 2.96. The Morgan fingerprint density at radius 2 is 1.78 bits per heavy atom. The molecule has 0 spiro atoms. The summed E-state index contributed by atoms with van der Waals surface area (Å²) in [6.45, 7) is 10.4. The molecule has 4 nitrogen and oxygen atoms in total. The summed E-state index contributed by atoms with van der Waals surface area (Å²) in [4.78, 5) is 0. The summed E-state index contributed by atoms with van der Waals surface area (Å²) < 4.78 is 28.7. The van der Waals surface area contributed by atoms with Gasteiger partial charge < -0.3 is 13.8 Å². The molecule has 0 N–H and O–H groups in total. The molecule has 0 aliphatic carbocycles. The molecule has 0 heterocycles. The van der Waals surface area contributed by atoms with Crippen molar-refractivity contribution in [3.05, 3.63) is 23.7 Å². The Bertz CT molecular complexity index is 311. The Kier molecular flexibility index (Phi) is 9.08. The predicted molar refractivity (Wildman–Crippen MR) is 74.5 cm³/mol. The van der Waals surface area contributed by atoms with Gasteiger partial charge in [0.15, 0.2) is 0 Å². The van der Waals surface area contributed by atoms with Crippen molar-refractivity contribution < 1.29 is 18.3 Å². The van der Waals surface area contributed by atoms with Crippen LogP contribution in [0.2, 0.25) is 0 Å². The Balaban J connectivity index is 5.04. The Hall–Kier alpha value is -0.570. The first kappa shape index (κ1) is 17.4. The van der Waals surface area contributed by atoms with Crippen LogP contribution in [0, 0.1) is 5.92 Å². The lowest BCUT2D eigenvalue weighted by Crippen LogP contribution is -2.04. The molecule has 18 heavy (non-hydrogen) atoms. The fraction of sp³-hybridized carbons (Fsp3) is 0.692. The average molecular weight is 276 g/mol. The summed E-state index contributed by atoms with van der Waals surface area (Å²) >= 11 is 0. The molecule has 0 aromatic heterocycles. The van der Waals surface area contributed by atoms with Crippen molar-refractivity contribution in [1.29, 1.82) is 0 Å². The van der Waals surface area contributed by atoms with Gasteiger partial charge in [-0.1, -0.05) is 26.0 Å². The number of hydrogen-bond acceptors (Lipinski definition) is 4. The van der Waals surface area contributed by atoms with Gasteiger partial charge in [0.25, 0.3) is 0 Å². The van der Waals surface area contributed by atoms with Gasteiger partial charge >= 0.3 is 7.60 Å². The maximum absolute atomic E-state index is 12.6. The van der Waals surface area contributed by atoms with Crippen molar-refractivity contribution in [2.75, 3.05) is 19.8 Å². The van der Waals surface area contributed by atoms with Crippen molar-refractivity contribution in [2.24, 2.45) is 5.92 Å². The first-order valence-electron chi connectivity index (χ1n) is 6.35. The van der Waals surface area contributed by atoms with Crippen LogP contribution in [0.4, 0.5) is 0 Å². The number of hydrogen-bond donors (Lipinski definition) is 0. The van der Waals surface area contributed by atoms with Crippen LogP contribution in [0.25, 0.3) is 0 Å². The van der Waals surface area contributed by atoms with E-state index in [1.807, 2.05) is 32.9 Å². The van der Waals surface area contributed by atoms with Gasteiger partial charge in [0.1, 0.15) is 6.61 Å². The van der Waals surface area contributed by atoms with E-state index in [1.165, 1.54) is 0 Å². The third-order valence-electron chi connectivity index (χ3n) is 1.91. The van der Waals surface area contributed by atoms with Crippen LogP contribution in [0.3, 0.4) is 0 Å². The molecule has 0 bridgehead atoms. The van der Waals surface area contributed by atoms with Gasteiger partial charge in [-0.05, 0) is 32.8 Å². The monoisotopic (exact) mass is 276 g/mol. The molecule has 0 aromatic carbocycles. The molecular weight excluding hydrogens is 251 g/mol. The Morgan fingerprint density at radius 3 is 2.17 bits per heavy atom. The van der Waals surface area contributed by atoms with E-state index in [2.05, 4.69) is 0 Å². The van der Waals surface area contributed by atoms with E-state index in [0.29, 0.717) is 25.3 Å². The zero-order valence-electron chi connectivity index (χ0n) is 12.0. The molecule has 0 fully saturated rings. The van der Waals surface area contributed by atoms with Gasteiger partial charge in [0, 0.05) is 0 Å². The normalized spacial score (nSPS) is 13.6. The quantitative estimate of drug-likeness (QED) is 0.357. The van der Waals surface area contributed by atoms with Crippen molar-refractivity contribution >= 4 is 7.60 Å². The summed E-state index contributed by atoms with van der Waals surface area (Å²) in [5.41, 5.74) is 0.305. The number of rotatable bonds is 9. The van der Waals surface area contributed by atoms with E-state index in [0.717, 1.165) is 0 Å². The van der Waals surface area contributed by atoms with Crippen molar-refractivity contribution in [1.82, 2.24) is 0 Å². The van der Waals surface area contributed by atoms with Gasteiger partial charge in [-0.15, -0.1) is 0 Å². The SMILES string of the molecule is C/C=C/CO/C(=C\C(C)C)P(=O)(OCC)OCC. The van der Waals surface area contributed by atoms with Gasteiger partial charge in [-0.25, -0.2) is 0 Å². The Labute approximate surface area is 111 Å². The summed E-state index contributed by atoms with van der Waals surface area (Å²) in [7, 11) is -3.32. The molecule has 0 saturated carbocycles. The second-order valence-electron chi connectivity index (χ2n) is 3.96. The largest absolute Gasteiger partial charge is 0.482 e. The minimum Gasteiger partial charge on any atom is -0.482 e. The van der Waals surface area contributed by atoms with E-state index in [-0.39, 0.29) is 5.92 Å². The molecular formula is C13H25O4P. The highest BCUT2D eigenvalue weighted by Crippen LogP contribution is 2.56. The Morgan fingerprint density at radius 1 is 1.22 bits per heavy atom. The minimum atomic E-state index is -3.32. The molecule has 0 aromatic rings. The molecule has 106 valence electrons. The lowest BCUT2D eigenvalue weighted by molar-refractivity contribution is 0.188.